The largest absolute Gasteiger partial charge is 0.437 e. The molecule has 0 atom stereocenters. The van der Waals surface area contributed by atoms with Crippen molar-refractivity contribution in [1.82, 2.24) is 18.7 Å². The fourth-order valence-corrected chi connectivity index (χ4v) is 2.80. The minimum Gasteiger partial charge on any atom is -0.390 e. The summed E-state index contributed by atoms with van der Waals surface area (Å²) in [5.74, 6) is -0.480. The van der Waals surface area contributed by atoms with Gasteiger partial charge in [-0.05, 0) is 22.6 Å². The molecule has 9 nitrogen and oxygen atoms in total. The molecule has 2 heterocycles. The molecule has 0 aliphatic rings. The van der Waals surface area contributed by atoms with Crippen molar-refractivity contribution >= 4 is 33.0 Å². The molecule has 0 aliphatic heterocycles. The van der Waals surface area contributed by atoms with Crippen molar-refractivity contribution in [3.05, 3.63) is 65.3 Å². The quantitative estimate of drug-likeness (QED) is 0.490. The van der Waals surface area contributed by atoms with Gasteiger partial charge in [-0.25, -0.2) is 9.36 Å². The molecule has 24 heavy (non-hydrogen) atoms. The number of fused-ring (bicyclic) bond motifs is 1. The average Bonchev–Trinajstić information content (AvgIpc) is 2.92. The van der Waals surface area contributed by atoms with E-state index in [1.165, 1.54) is 23.2 Å². The number of nitrogens with zero attached hydrogens (tertiary/aromatic N) is 5. The van der Waals surface area contributed by atoms with Gasteiger partial charge in [0.2, 0.25) is 5.65 Å². The average molecular weight is 394 g/mol. The van der Waals surface area contributed by atoms with Crippen molar-refractivity contribution < 1.29 is 4.92 Å². The third-order valence-electron chi connectivity index (χ3n) is 3.74. The molecule has 0 unspecified atom stereocenters. The summed E-state index contributed by atoms with van der Waals surface area (Å²) in [6.07, 6.45) is 0. The van der Waals surface area contributed by atoms with E-state index < -0.39 is 22.1 Å². The van der Waals surface area contributed by atoms with Gasteiger partial charge in [0.25, 0.3) is 5.52 Å². The number of rotatable bonds is 3. The second-order valence-electron chi connectivity index (χ2n) is 5.26. The van der Waals surface area contributed by atoms with Crippen molar-refractivity contribution in [3.63, 3.8) is 0 Å². The van der Waals surface area contributed by atoms with E-state index in [2.05, 4.69) is 20.9 Å². The molecule has 0 saturated heterocycles. The van der Waals surface area contributed by atoms with E-state index in [4.69, 9.17) is 0 Å². The normalized spacial score (nSPS) is 11.1. The molecular weight excluding hydrogens is 382 g/mol. The Kier molecular flexibility index (Phi) is 3.84. The number of aryl methyl sites for hydroxylation is 1. The molecule has 124 valence electrons. The number of halogens is 1. The maximum absolute atomic E-state index is 12.2. The van der Waals surface area contributed by atoms with Crippen LogP contribution in [0, 0.1) is 10.1 Å². The lowest BCUT2D eigenvalue weighted by atomic mass is 10.2. The Morgan fingerprint density at radius 3 is 2.38 bits per heavy atom. The van der Waals surface area contributed by atoms with E-state index in [0.29, 0.717) is 0 Å². The highest BCUT2D eigenvalue weighted by Gasteiger charge is 2.28. The zero-order chi connectivity index (χ0) is 17.6. The Morgan fingerprint density at radius 1 is 1.17 bits per heavy atom. The van der Waals surface area contributed by atoms with Gasteiger partial charge in [0.15, 0.2) is 0 Å². The van der Waals surface area contributed by atoms with Crippen LogP contribution >= 0.6 is 15.9 Å². The molecule has 0 N–H and O–H groups in total. The van der Waals surface area contributed by atoms with Gasteiger partial charge in [0.05, 0.1) is 6.54 Å². The fraction of sp³-hybridized carbons (Fsp3) is 0.214. The number of aromatic nitrogens is 4. The monoisotopic (exact) mass is 393 g/mol. The first kappa shape index (κ1) is 16.1. The van der Waals surface area contributed by atoms with Crippen LogP contribution in [0.1, 0.15) is 5.56 Å². The summed E-state index contributed by atoms with van der Waals surface area (Å²) in [5, 5.41) is 11.3. The molecule has 0 aliphatic carbocycles. The smallest absolute Gasteiger partial charge is 0.390 e. The summed E-state index contributed by atoms with van der Waals surface area (Å²) in [7, 11) is 2.76. The Morgan fingerprint density at radius 2 is 1.79 bits per heavy atom. The van der Waals surface area contributed by atoms with Crippen LogP contribution < -0.4 is 11.2 Å². The predicted molar refractivity (Wildman–Crippen MR) is 90.1 cm³/mol. The minimum atomic E-state index is -0.664. The lowest BCUT2D eigenvalue weighted by molar-refractivity contribution is -0.396. The molecule has 0 radical (unpaired) electrons. The van der Waals surface area contributed by atoms with Crippen LogP contribution in [0.4, 0.5) is 5.95 Å². The number of hydrogen-bond donors (Lipinski definition) is 0. The second-order valence-corrected chi connectivity index (χ2v) is 6.18. The van der Waals surface area contributed by atoms with E-state index >= 15 is 0 Å². The van der Waals surface area contributed by atoms with Gasteiger partial charge in [0, 0.05) is 18.6 Å². The first-order valence-corrected chi connectivity index (χ1v) is 7.65. The molecule has 3 rings (SSSR count). The zero-order valence-electron chi connectivity index (χ0n) is 12.8. The van der Waals surface area contributed by atoms with E-state index in [1.807, 2.05) is 0 Å². The van der Waals surface area contributed by atoms with Gasteiger partial charge < -0.3 is 10.1 Å². The van der Waals surface area contributed by atoms with Crippen molar-refractivity contribution in [1.29, 1.82) is 0 Å². The Labute approximate surface area is 143 Å². The molecule has 0 fully saturated rings. The van der Waals surface area contributed by atoms with Gasteiger partial charge in [-0.15, -0.1) is 0 Å². The van der Waals surface area contributed by atoms with Gasteiger partial charge in [-0.3, -0.25) is 13.9 Å². The first-order chi connectivity index (χ1) is 11.3. The van der Waals surface area contributed by atoms with Crippen LogP contribution in [0.15, 0.2) is 38.3 Å². The third kappa shape index (κ3) is 2.44. The predicted octanol–water partition coefficient (Wildman–Crippen LogP) is 1.15. The first-order valence-electron chi connectivity index (χ1n) is 6.86. The van der Waals surface area contributed by atoms with Gasteiger partial charge >= 0.3 is 17.2 Å². The van der Waals surface area contributed by atoms with E-state index in [1.54, 1.807) is 24.3 Å². The van der Waals surface area contributed by atoms with Crippen LogP contribution in [-0.2, 0) is 20.6 Å². The van der Waals surface area contributed by atoms with Crippen molar-refractivity contribution in [2.24, 2.45) is 14.1 Å². The SMILES string of the molecule is Cn1c(=O)c2nc([N+](=O)[O-])n(Cc3ccc(Br)cc3)c2n(C)c1=O. The van der Waals surface area contributed by atoms with Crippen LogP contribution in [0.5, 0.6) is 0 Å². The molecule has 10 heteroatoms. The fourth-order valence-electron chi connectivity index (χ4n) is 2.53. The number of nitro groups is 1. The van der Waals surface area contributed by atoms with E-state index in [-0.39, 0.29) is 17.7 Å². The summed E-state index contributed by atoms with van der Waals surface area (Å²) >= 11 is 3.32. The number of imidazole rings is 1. The minimum absolute atomic E-state index is 0.108. The van der Waals surface area contributed by atoms with E-state index in [0.717, 1.165) is 14.6 Å². The maximum atomic E-state index is 12.2. The molecule has 3 aromatic rings. The van der Waals surface area contributed by atoms with Crippen molar-refractivity contribution in [2.45, 2.75) is 6.54 Å². The second kappa shape index (κ2) is 5.71. The standard InChI is InChI=1S/C14H12BrN5O4/c1-17-11-10(12(21)18(2)14(17)22)16-13(20(23)24)19(11)7-8-3-5-9(15)6-4-8/h3-6H,7H2,1-2H3. The van der Waals surface area contributed by atoms with Crippen LogP contribution in [-0.4, -0.2) is 23.6 Å². The van der Waals surface area contributed by atoms with Crippen LogP contribution in [0.2, 0.25) is 0 Å². The van der Waals surface area contributed by atoms with Crippen LogP contribution in [0.3, 0.4) is 0 Å². The summed E-state index contributed by atoms with van der Waals surface area (Å²) in [6.45, 7) is 0.112. The highest BCUT2D eigenvalue weighted by atomic mass is 79.9. The highest BCUT2D eigenvalue weighted by Crippen LogP contribution is 2.20. The van der Waals surface area contributed by atoms with Crippen molar-refractivity contribution in [2.75, 3.05) is 0 Å². The number of benzene rings is 1. The summed E-state index contributed by atoms with van der Waals surface area (Å²) in [4.78, 5) is 38.9. The summed E-state index contributed by atoms with van der Waals surface area (Å²) in [6, 6.07) is 7.19. The molecule has 0 amide bonds. The third-order valence-corrected chi connectivity index (χ3v) is 4.27. The van der Waals surface area contributed by atoms with Gasteiger partial charge in [-0.1, -0.05) is 33.0 Å². The lowest BCUT2D eigenvalue weighted by Crippen LogP contribution is -2.37. The Hall–Kier alpha value is -2.75. The maximum Gasteiger partial charge on any atom is 0.437 e. The molecular formula is C14H12BrN5O4. The lowest BCUT2D eigenvalue weighted by Gasteiger charge is -2.06. The topological polar surface area (TPSA) is 105 Å². The highest BCUT2D eigenvalue weighted by molar-refractivity contribution is 9.10. The zero-order valence-corrected chi connectivity index (χ0v) is 14.3. The van der Waals surface area contributed by atoms with Gasteiger partial charge in [0.1, 0.15) is 0 Å². The van der Waals surface area contributed by atoms with Crippen LogP contribution in [0.25, 0.3) is 11.2 Å². The Balaban J connectivity index is 2.34. The molecule has 0 bridgehead atoms. The molecule has 1 aromatic carbocycles. The van der Waals surface area contributed by atoms with E-state index in [9.17, 15) is 19.7 Å². The summed E-state index contributed by atoms with van der Waals surface area (Å²) in [5.41, 5.74) is -0.444. The molecule has 2 aromatic heterocycles. The van der Waals surface area contributed by atoms with Gasteiger partial charge in [-0.2, -0.15) is 0 Å². The van der Waals surface area contributed by atoms with Crippen molar-refractivity contribution in [3.8, 4) is 0 Å². The Bertz CT molecular complexity index is 1080. The summed E-state index contributed by atoms with van der Waals surface area (Å²) < 4.78 is 4.21. The molecule has 0 spiro atoms. The molecule has 0 saturated carbocycles. The number of hydrogen-bond acceptors (Lipinski definition) is 5.